The Hall–Kier alpha value is -1.16. The van der Waals surface area contributed by atoms with Gasteiger partial charge in [0, 0.05) is 17.6 Å². The van der Waals surface area contributed by atoms with Crippen molar-refractivity contribution in [2.75, 3.05) is 19.7 Å². The monoisotopic (exact) mass is 448 g/mol. The minimum atomic E-state index is -3.61. The zero-order valence-corrected chi connectivity index (χ0v) is 17.6. The van der Waals surface area contributed by atoms with Crippen LogP contribution < -0.4 is 5.32 Å². The van der Waals surface area contributed by atoms with Crippen molar-refractivity contribution in [1.82, 2.24) is 9.62 Å². The lowest BCUT2D eigenvalue weighted by Crippen LogP contribution is -2.58. The quantitative estimate of drug-likeness (QED) is 0.737. The van der Waals surface area contributed by atoms with Crippen molar-refractivity contribution in [1.29, 1.82) is 0 Å². The Morgan fingerprint density at radius 1 is 1.27 bits per heavy atom. The van der Waals surface area contributed by atoms with Gasteiger partial charge in [0.15, 0.2) is 0 Å². The van der Waals surface area contributed by atoms with Crippen LogP contribution in [0, 0.1) is 0 Å². The molecule has 26 heavy (non-hydrogen) atoms. The minimum absolute atomic E-state index is 0.203. The average molecular weight is 449 g/mol. The SMILES string of the molecule is CC(C)(C)OC(=O)NC1(CO)CCN(S(=O)(=O)c2ccc(Br)cc2)CC1. The standard InChI is InChI=1S/C17H25BrN2O5S/c1-16(2,3)25-15(22)19-17(12-21)8-10-20(11-9-17)26(23,24)14-6-4-13(18)5-7-14/h4-7,21H,8-12H2,1-3H3,(H,19,22). The molecule has 1 saturated heterocycles. The first kappa shape index (κ1) is 21.1. The van der Waals surface area contributed by atoms with Gasteiger partial charge in [0.1, 0.15) is 5.60 Å². The fourth-order valence-corrected chi connectivity index (χ4v) is 4.46. The Morgan fingerprint density at radius 3 is 2.27 bits per heavy atom. The summed E-state index contributed by atoms with van der Waals surface area (Å²) in [5.41, 5.74) is -1.53. The zero-order valence-electron chi connectivity index (χ0n) is 15.2. The lowest BCUT2D eigenvalue weighted by atomic mass is 9.89. The summed E-state index contributed by atoms with van der Waals surface area (Å²) in [6.45, 7) is 5.39. The number of rotatable bonds is 4. The van der Waals surface area contributed by atoms with Gasteiger partial charge in [-0.15, -0.1) is 0 Å². The van der Waals surface area contributed by atoms with E-state index in [0.29, 0.717) is 12.8 Å². The van der Waals surface area contributed by atoms with Crippen LogP contribution in [0.4, 0.5) is 4.79 Å². The first-order valence-electron chi connectivity index (χ1n) is 8.35. The van der Waals surface area contributed by atoms with Gasteiger partial charge in [0.05, 0.1) is 17.0 Å². The van der Waals surface area contributed by atoms with Crippen LogP contribution in [0.1, 0.15) is 33.6 Å². The highest BCUT2D eigenvalue weighted by Gasteiger charge is 2.40. The number of carbonyl (C=O) groups excluding carboxylic acids is 1. The van der Waals surface area contributed by atoms with Crippen LogP contribution in [-0.4, -0.2) is 54.8 Å². The maximum atomic E-state index is 12.7. The number of nitrogens with zero attached hydrogens (tertiary/aromatic N) is 1. The molecular formula is C17H25BrN2O5S. The predicted octanol–water partition coefficient (Wildman–Crippen LogP) is 2.49. The number of sulfonamides is 1. The molecule has 0 unspecified atom stereocenters. The van der Waals surface area contributed by atoms with Crippen LogP contribution in [0.5, 0.6) is 0 Å². The van der Waals surface area contributed by atoms with Crippen molar-refractivity contribution in [2.24, 2.45) is 0 Å². The van der Waals surface area contributed by atoms with Gasteiger partial charge in [-0.1, -0.05) is 15.9 Å². The third kappa shape index (κ3) is 5.18. The molecule has 1 aromatic rings. The second-order valence-electron chi connectivity index (χ2n) is 7.42. The number of halogens is 1. The van der Waals surface area contributed by atoms with Gasteiger partial charge in [-0.2, -0.15) is 4.31 Å². The normalized spacial score (nSPS) is 18.3. The largest absolute Gasteiger partial charge is 0.444 e. The van der Waals surface area contributed by atoms with E-state index in [2.05, 4.69) is 21.2 Å². The molecule has 2 N–H and O–H groups in total. The van der Waals surface area contributed by atoms with E-state index in [1.807, 2.05) is 0 Å². The molecule has 146 valence electrons. The van der Waals surface area contributed by atoms with E-state index in [1.165, 1.54) is 4.31 Å². The number of nitrogens with one attached hydrogen (secondary N) is 1. The lowest BCUT2D eigenvalue weighted by molar-refractivity contribution is 0.0324. The summed E-state index contributed by atoms with van der Waals surface area (Å²) in [6.07, 6.45) is -0.00689. The van der Waals surface area contributed by atoms with E-state index < -0.39 is 27.3 Å². The van der Waals surface area contributed by atoms with E-state index in [0.717, 1.165) is 4.47 Å². The third-order valence-electron chi connectivity index (χ3n) is 4.20. The summed E-state index contributed by atoms with van der Waals surface area (Å²) in [4.78, 5) is 12.3. The fourth-order valence-electron chi connectivity index (χ4n) is 2.75. The van der Waals surface area contributed by atoms with Crippen molar-refractivity contribution in [3.63, 3.8) is 0 Å². The van der Waals surface area contributed by atoms with E-state index in [9.17, 15) is 18.3 Å². The molecule has 9 heteroatoms. The summed E-state index contributed by atoms with van der Waals surface area (Å²) in [5, 5.41) is 12.5. The first-order chi connectivity index (χ1) is 12.0. The Morgan fingerprint density at radius 2 is 1.81 bits per heavy atom. The first-order valence-corrected chi connectivity index (χ1v) is 10.6. The number of carbonyl (C=O) groups is 1. The topological polar surface area (TPSA) is 95.9 Å². The van der Waals surface area contributed by atoms with Crippen LogP contribution >= 0.6 is 15.9 Å². The van der Waals surface area contributed by atoms with Gasteiger partial charge in [-0.25, -0.2) is 13.2 Å². The molecular weight excluding hydrogens is 424 g/mol. The number of ether oxygens (including phenoxy) is 1. The van der Waals surface area contributed by atoms with Crippen LogP contribution in [0.15, 0.2) is 33.6 Å². The van der Waals surface area contributed by atoms with E-state index in [-0.39, 0.29) is 24.6 Å². The highest BCUT2D eigenvalue weighted by Crippen LogP contribution is 2.27. The van der Waals surface area contributed by atoms with Crippen LogP contribution in [0.3, 0.4) is 0 Å². The predicted molar refractivity (Wildman–Crippen MR) is 101 cm³/mol. The minimum Gasteiger partial charge on any atom is -0.444 e. The van der Waals surface area contributed by atoms with Crippen molar-refractivity contribution in [2.45, 2.75) is 49.6 Å². The Kier molecular flexibility index (Phi) is 6.37. The zero-order chi connectivity index (χ0) is 19.6. The summed E-state index contributed by atoms with van der Waals surface area (Å²) in [5.74, 6) is 0. The van der Waals surface area contributed by atoms with Crippen molar-refractivity contribution < 1.29 is 23.1 Å². The Balaban J connectivity index is 2.06. The van der Waals surface area contributed by atoms with Crippen LogP contribution in [0.25, 0.3) is 0 Å². The Bertz CT molecular complexity index is 735. The molecule has 0 aliphatic carbocycles. The number of benzene rings is 1. The van der Waals surface area contributed by atoms with Crippen LogP contribution in [-0.2, 0) is 14.8 Å². The molecule has 2 rings (SSSR count). The second-order valence-corrected chi connectivity index (χ2v) is 10.3. The number of hydrogen-bond acceptors (Lipinski definition) is 5. The van der Waals surface area contributed by atoms with E-state index >= 15 is 0 Å². The van der Waals surface area contributed by atoms with Gasteiger partial charge in [0.25, 0.3) is 0 Å². The molecule has 0 spiro atoms. The van der Waals surface area contributed by atoms with Gasteiger partial charge in [-0.3, -0.25) is 0 Å². The highest BCUT2D eigenvalue weighted by atomic mass is 79.9. The molecule has 0 bridgehead atoms. The van der Waals surface area contributed by atoms with Gasteiger partial charge >= 0.3 is 6.09 Å². The van der Waals surface area contributed by atoms with E-state index in [4.69, 9.17) is 4.74 Å². The van der Waals surface area contributed by atoms with Gasteiger partial charge < -0.3 is 15.2 Å². The van der Waals surface area contributed by atoms with Gasteiger partial charge in [0.2, 0.25) is 10.0 Å². The Labute approximate surface area is 162 Å². The molecule has 1 aromatic carbocycles. The molecule has 1 amide bonds. The number of hydrogen-bond donors (Lipinski definition) is 2. The number of piperidine rings is 1. The molecule has 0 atom stereocenters. The molecule has 1 aliphatic heterocycles. The summed E-state index contributed by atoms with van der Waals surface area (Å²) < 4.78 is 32.9. The molecule has 0 radical (unpaired) electrons. The summed E-state index contributed by atoms with van der Waals surface area (Å²) in [6, 6.07) is 6.45. The lowest BCUT2D eigenvalue weighted by Gasteiger charge is -2.40. The van der Waals surface area contributed by atoms with Crippen molar-refractivity contribution in [3.8, 4) is 0 Å². The number of alkyl carbamates (subject to hydrolysis) is 1. The molecule has 1 fully saturated rings. The number of aliphatic hydroxyl groups is 1. The average Bonchev–Trinajstić information content (AvgIpc) is 2.54. The smallest absolute Gasteiger partial charge is 0.408 e. The molecule has 7 nitrogen and oxygen atoms in total. The second kappa shape index (κ2) is 7.84. The van der Waals surface area contributed by atoms with Crippen LogP contribution in [0.2, 0.25) is 0 Å². The summed E-state index contributed by atoms with van der Waals surface area (Å²) >= 11 is 3.29. The molecule has 1 aliphatic rings. The third-order valence-corrected chi connectivity index (χ3v) is 6.64. The number of amides is 1. The fraction of sp³-hybridized carbons (Fsp3) is 0.588. The maximum absolute atomic E-state index is 12.7. The molecule has 0 saturated carbocycles. The van der Waals surface area contributed by atoms with Crippen molar-refractivity contribution >= 4 is 32.0 Å². The molecule has 0 aromatic heterocycles. The van der Waals surface area contributed by atoms with Gasteiger partial charge in [-0.05, 0) is 57.9 Å². The van der Waals surface area contributed by atoms with Crippen molar-refractivity contribution in [3.05, 3.63) is 28.7 Å². The maximum Gasteiger partial charge on any atom is 0.408 e. The highest BCUT2D eigenvalue weighted by molar-refractivity contribution is 9.10. The van der Waals surface area contributed by atoms with E-state index in [1.54, 1.807) is 45.0 Å². The number of aliphatic hydroxyl groups excluding tert-OH is 1. The summed E-state index contributed by atoms with van der Waals surface area (Å²) in [7, 11) is -3.61. The molecule has 1 heterocycles.